The molecule has 9 rings (SSSR count). The quantitative estimate of drug-likeness (QED) is 0.243. The highest BCUT2D eigenvalue weighted by Gasteiger charge is 2.32. The average molecular weight is 406 g/mol. The first-order valence-electron chi connectivity index (χ1n) is 11.4. The lowest BCUT2D eigenvalue weighted by Gasteiger charge is -2.16. The van der Waals surface area contributed by atoms with Gasteiger partial charge in [-0.25, -0.2) is 0 Å². The van der Waals surface area contributed by atoms with Crippen LogP contribution in [0.4, 0.5) is 0 Å². The van der Waals surface area contributed by atoms with Crippen LogP contribution in [0.3, 0.4) is 0 Å². The molecule has 0 saturated carbocycles. The molecular weight excluding hydrogens is 388 g/mol. The van der Waals surface area contributed by atoms with Crippen LogP contribution >= 0.6 is 0 Å². The fourth-order valence-corrected chi connectivity index (χ4v) is 6.70. The zero-order chi connectivity index (χ0) is 20.6. The number of benzene rings is 4. The van der Waals surface area contributed by atoms with Gasteiger partial charge < -0.3 is 8.97 Å². The Bertz CT molecular complexity index is 2010. The van der Waals surface area contributed by atoms with Crippen molar-refractivity contribution in [1.29, 1.82) is 0 Å². The SMILES string of the molecule is C1=CCC2C(=C1)n1c3cc4c5cccc6c7ccccc7n(c4cc3c3cccc2c31)c65. The van der Waals surface area contributed by atoms with E-state index in [0.29, 0.717) is 5.92 Å². The Hall–Kier alpha value is -4.04. The molecule has 2 nitrogen and oxygen atoms in total. The molecule has 2 aliphatic rings. The maximum atomic E-state index is 2.54. The second kappa shape index (κ2) is 5.05. The summed E-state index contributed by atoms with van der Waals surface area (Å²) in [6.45, 7) is 0. The van der Waals surface area contributed by atoms with E-state index < -0.39 is 0 Å². The number of hydrogen-bond acceptors (Lipinski definition) is 0. The van der Waals surface area contributed by atoms with Gasteiger partial charge in [0, 0.05) is 43.9 Å². The van der Waals surface area contributed by atoms with Gasteiger partial charge in [0.05, 0.1) is 27.6 Å². The first-order valence-corrected chi connectivity index (χ1v) is 11.4. The summed E-state index contributed by atoms with van der Waals surface area (Å²) in [5.74, 6) is 0.484. The van der Waals surface area contributed by atoms with Gasteiger partial charge in [0.25, 0.3) is 0 Å². The molecule has 7 aromatic rings. The van der Waals surface area contributed by atoms with E-state index in [0.717, 1.165) is 6.42 Å². The van der Waals surface area contributed by atoms with Crippen LogP contribution in [0.25, 0.3) is 65.6 Å². The smallest absolute Gasteiger partial charge is 0.0620 e. The molecule has 0 bridgehead atoms. The van der Waals surface area contributed by atoms with Gasteiger partial charge in [0.2, 0.25) is 0 Å². The summed E-state index contributed by atoms with van der Waals surface area (Å²) in [6, 6.07) is 27.4. The Balaban J connectivity index is 1.57. The summed E-state index contributed by atoms with van der Waals surface area (Å²) in [4.78, 5) is 0. The van der Waals surface area contributed by atoms with Crippen molar-refractivity contribution >= 4 is 65.6 Å². The van der Waals surface area contributed by atoms with E-state index in [1.165, 1.54) is 71.2 Å². The van der Waals surface area contributed by atoms with E-state index in [-0.39, 0.29) is 0 Å². The van der Waals surface area contributed by atoms with Crippen molar-refractivity contribution in [3.8, 4) is 0 Å². The Morgan fingerprint density at radius 1 is 0.625 bits per heavy atom. The number of para-hydroxylation sites is 3. The number of hydrogen-bond donors (Lipinski definition) is 0. The normalized spacial score (nSPS) is 17.6. The topological polar surface area (TPSA) is 9.34 Å². The maximum absolute atomic E-state index is 2.54. The zero-order valence-corrected chi connectivity index (χ0v) is 17.3. The molecule has 0 amide bonds. The average Bonchev–Trinajstić information content (AvgIpc) is 3.56. The fourth-order valence-electron chi connectivity index (χ4n) is 6.70. The summed E-state index contributed by atoms with van der Waals surface area (Å²) in [5.41, 5.74) is 9.59. The van der Waals surface area contributed by atoms with Crippen molar-refractivity contribution in [2.75, 3.05) is 0 Å². The number of nitrogens with zero attached hydrogens (tertiary/aromatic N) is 2. The van der Waals surface area contributed by atoms with Gasteiger partial charge in [-0.15, -0.1) is 0 Å². The van der Waals surface area contributed by atoms with E-state index in [4.69, 9.17) is 0 Å². The lowest BCUT2D eigenvalue weighted by Crippen LogP contribution is -2.01. The van der Waals surface area contributed by atoms with Crippen LogP contribution in [-0.2, 0) is 0 Å². The van der Waals surface area contributed by atoms with Crippen LogP contribution < -0.4 is 0 Å². The zero-order valence-electron chi connectivity index (χ0n) is 17.3. The van der Waals surface area contributed by atoms with E-state index in [2.05, 4.69) is 100.0 Å². The highest BCUT2D eigenvalue weighted by molar-refractivity contribution is 6.26. The molecule has 1 aliphatic heterocycles. The van der Waals surface area contributed by atoms with Crippen LogP contribution in [-0.4, -0.2) is 8.97 Å². The van der Waals surface area contributed by atoms with Crippen LogP contribution in [0.15, 0.2) is 91.0 Å². The molecule has 0 N–H and O–H groups in total. The van der Waals surface area contributed by atoms with Crippen molar-refractivity contribution < 1.29 is 0 Å². The van der Waals surface area contributed by atoms with Crippen LogP contribution in [0.2, 0.25) is 0 Å². The summed E-state index contributed by atoms with van der Waals surface area (Å²) in [6.07, 6.45) is 7.94. The monoisotopic (exact) mass is 406 g/mol. The summed E-state index contributed by atoms with van der Waals surface area (Å²) in [5, 5.41) is 8.11. The van der Waals surface area contributed by atoms with Crippen molar-refractivity contribution in [3.05, 3.63) is 96.6 Å². The van der Waals surface area contributed by atoms with Crippen LogP contribution in [0.1, 0.15) is 17.9 Å². The van der Waals surface area contributed by atoms with Crippen molar-refractivity contribution in [2.45, 2.75) is 12.3 Å². The molecule has 2 heteroatoms. The molecule has 32 heavy (non-hydrogen) atoms. The summed E-state index contributed by atoms with van der Waals surface area (Å²) >= 11 is 0. The molecule has 1 atom stereocenters. The van der Waals surface area contributed by atoms with Crippen molar-refractivity contribution in [3.63, 3.8) is 0 Å². The second-order valence-electron chi connectivity index (χ2n) is 9.33. The Morgan fingerprint density at radius 2 is 1.34 bits per heavy atom. The molecule has 148 valence electrons. The summed E-state index contributed by atoms with van der Waals surface area (Å²) in [7, 11) is 0. The molecule has 0 saturated heterocycles. The molecule has 1 aliphatic carbocycles. The number of aromatic nitrogens is 2. The Labute approximate surface area is 183 Å². The lowest BCUT2D eigenvalue weighted by atomic mass is 9.90. The minimum Gasteiger partial charge on any atom is -0.312 e. The van der Waals surface area contributed by atoms with Crippen LogP contribution in [0, 0.1) is 0 Å². The summed E-state index contributed by atoms with van der Waals surface area (Å²) < 4.78 is 5.03. The van der Waals surface area contributed by atoms with Gasteiger partial charge in [-0.05, 0) is 36.3 Å². The van der Waals surface area contributed by atoms with Crippen molar-refractivity contribution in [2.24, 2.45) is 0 Å². The molecule has 0 spiro atoms. The number of allylic oxidation sites excluding steroid dienone is 4. The molecule has 0 fully saturated rings. The number of fused-ring (bicyclic) bond motifs is 12. The van der Waals surface area contributed by atoms with E-state index in [1.54, 1.807) is 0 Å². The predicted octanol–water partition coefficient (Wildman–Crippen LogP) is 7.84. The molecular formula is C30H18N2. The predicted molar refractivity (Wildman–Crippen MR) is 135 cm³/mol. The lowest BCUT2D eigenvalue weighted by molar-refractivity contribution is 0.873. The third kappa shape index (κ3) is 1.56. The van der Waals surface area contributed by atoms with E-state index in [1.807, 2.05) is 0 Å². The maximum Gasteiger partial charge on any atom is 0.0620 e. The van der Waals surface area contributed by atoms with Gasteiger partial charge in [-0.1, -0.05) is 66.7 Å². The Morgan fingerprint density at radius 3 is 2.28 bits per heavy atom. The largest absolute Gasteiger partial charge is 0.312 e. The highest BCUT2D eigenvalue weighted by Crippen LogP contribution is 2.50. The molecule has 1 unspecified atom stereocenters. The van der Waals surface area contributed by atoms with E-state index >= 15 is 0 Å². The van der Waals surface area contributed by atoms with Gasteiger partial charge in [0.15, 0.2) is 0 Å². The highest BCUT2D eigenvalue weighted by atomic mass is 15.0. The molecule has 0 radical (unpaired) electrons. The number of rotatable bonds is 0. The molecule has 4 heterocycles. The second-order valence-corrected chi connectivity index (χ2v) is 9.33. The minimum atomic E-state index is 0.484. The molecule has 3 aromatic heterocycles. The first kappa shape index (κ1) is 15.7. The van der Waals surface area contributed by atoms with E-state index in [9.17, 15) is 0 Å². The standard InChI is InChI=1S/C30H18N2/c1-3-13-25-17(7-1)19-9-5-11-21-23-16-28-24(15-27(23)31(25)29(19)21)22-12-6-10-20-18-8-2-4-14-26(18)32(28)30(20)22/h1-7,9-16,18H,8H2. The molecule has 4 aromatic carbocycles. The minimum absolute atomic E-state index is 0.484. The fraction of sp³-hybridized carbons (Fsp3) is 0.0667. The van der Waals surface area contributed by atoms with Crippen molar-refractivity contribution in [1.82, 2.24) is 8.97 Å². The van der Waals surface area contributed by atoms with Gasteiger partial charge >= 0.3 is 0 Å². The Kier molecular flexibility index (Phi) is 2.48. The third-order valence-corrected chi connectivity index (χ3v) is 7.93. The van der Waals surface area contributed by atoms with Gasteiger partial charge in [0.1, 0.15) is 0 Å². The first-order chi connectivity index (χ1) is 15.9. The third-order valence-electron chi connectivity index (χ3n) is 7.93. The van der Waals surface area contributed by atoms with Gasteiger partial charge in [-0.3, -0.25) is 0 Å². The van der Waals surface area contributed by atoms with Crippen LogP contribution in [0.5, 0.6) is 0 Å². The van der Waals surface area contributed by atoms with Gasteiger partial charge in [-0.2, -0.15) is 0 Å².